The Labute approximate surface area is 165 Å². The van der Waals surface area contributed by atoms with Crippen LogP contribution in [0.5, 0.6) is 5.75 Å². The van der Waals surface area contributed by atoms with E-state index in [0.29, 0.717) is 28.4 Å². The van der Waals surface area contributed by atoms with Crippen molar-refractivity contribution in [3.63, 3.8) is 0 Å². The van der Waals surface area contributed by atoms with Crippen molar-refractivity contribution < 1.29 is 32.6 Å². The van der Waals surface area contributed by atoms with Crippen LogP contribution in [0.2, 0.25) is 0 Å². The number of hydrogen-bond donors (Lipinski definition) is 1. The maximum atomic E-state index is 14.3. The molecule has 0 aliphatic rings. The monoisotopic (exact) mass is 429 g/mol. The molecule has 5 nitrogen and oxygen atoms in total. The molecule has 0 atom stereocenters. The SMILES string of the molecule is COc1cc2c(CC(=O)O)c(C)n(C(=O)c3csc(SC(F)F)c3)c2cc1F. The van der Waals surface area contributed by atoms with E-state index in [2.05, 4.69) is 0 Å². The molecule has 1 aromatic carbocycles. The van der Waals surface area contributed by atoms with E-state index in [1.165, 1.54) is 29.2 Å². The van der Waals surface area contributed by atoms with Gasteiger partial charge in [0.05, 0.1) is 28.8 Å². The lowest BCUT2D eigenvalue weighted by atomic mass is 10.1. The van der Waals surface area contributed by atoms with Crippen LogP contribution in [0, 0.1) is 12.7 Å². The number of thiophene rings is 1. The van der Waals surface area contributed by atoms with Crippen molar-refractivity contribution in [2.45, 2.75) is 23.3 Å². The van der Waals surface area contributed by atoms with Crippen LogP contribution in [0.15, 0.2) is 27.8 Å². The predicted molar refractivity (Wildman–Crippen MR) is 100 cm³/mol. The second-order valence-electron chi connectivity index (χ2n) is 5.81. The fourth-order valence-corrected chi connectivity index (χ4v) is 4.54. The average Bonchev–Trinajstić information content (AvgIpc) is 3.16. The first-order chi connectivity index (χ1) is 13.2. The van der Waals surface area contributed by atoms with Gasteiger partial charge in [-0.15, -0.1) is 11.3 Å². The van der Waals surface area contributed by atoms with Crippen molar-refractivity contribution in [1.29, 1.82) is 0 Å². The summed E-state index contributed by atoms with van der Waals surface area (Å²) >= 11 is 1.33. The number of halogens is 3. The Morgan fingerprint density at radius 1 is 1.32 bits per heavy atom. The van der Waals surface area contributed by atoms with Crippen molar-refractivity contribution in [1.82, 2.24) is 4.57 Å². The van der Waals surface area contributed by atoms with E-state index in [0.717, 1.165) is 17.4 Å². The van der Waals surface area contributed by atoms with Gasteiger partial charge in [-0.05, 0) is 36.4 Å². The third-order valence-corrected chi connectivity index (χ3v) is 5.99. The third kappa shape index (κ3) is 3.74. The van der Waals surface area contributed by atoms with Crippen LogP contribution in [0.3, 0.4) is 0 Å². The maximum absolute atomic E-state index is 14.3. The fraction of sp³-hybridized carbons (Fsp3) is 0.222. The first-order valence-electron chi connectivity index (χ1n) is 7.90. The molecule has 0 bridgehead atoms. The normalized spacial score (nSPS) is 11.4. The number of rotatable bonds is 6. The minimum absolute atomic E-state index is 0.0742. The lowest BCUT2D eigenvalue weighted by Crippen LogP contribution is -2.13. The molecule has 0 fully saturated rings. The van der Waals surface area contributed by atoms with Crippen LogP contribution in [-0.2, 0) is 11.2 Å². The summed E-state index contributed by atoms with van der Waals surface area (Å²) in [6.07, 6.45) is -0.368. The molecule has 28 heavy (non-hydrogen) atoms. The zero-order chi connectivity index (χ0) is 20.6. The van der Waals surface area contributed by atoms with Crippen LogP contribution in [0.25, 0.3) is 10.9 Å². The highest BCUT2D eigenvalue weighted by molar-refractivity contribution is 8.01. The van der Waals surface area contributed by atoms with Crippen LogP contribution in [0.4, 0.5) is 13.2 Å². The standard InChI is InChI=1S/C18H14F3NO4S2/c1-8-10(5-15(23)24)11-4-14(26-2)12(19)6-13(11)22(8)17(25)9-3-16(27-7-9)28-18(20)21/h3-4,6-7,18H,5H2,1-2H3,(H,23,24). The number of ether oxygens (including phenoxy) is 1. The number of carboxylic acids is 1. The fourth-order valence-electron chi connectivity index (χ4n) is 2.98. The first kappa shape index (κ1) is 20.3. The minimum Gasteiger partial charge on any atom is -0.494 e. The number of carbonyl (C=O) groups is 2. The maximum Gasteiger partial charge on any atom is 0.307 e. The number of fused-ring (bicyclic) bond motifs is 1. The number of hydrogen-bond acceptors (Lipinski definition) is 5. The van der Waals surface area contributed by atoms with Gasteiger partial charge in [-0.25, -0.2) is 4.39 Å². The molecule has 0 aliphatic carbocycles. The van der Waals surface area contributed by atoms with E-state index in [-0.39, 0.29) is 27.5 Å². The Morgan fingerprint density at radius 2 is 2.04 bits per heavy atom. The lowest BCUT2D eigenvalue weighted by Gasteiger charge is -2.07. The number of carbonyl (C=O) groups excluding carboxylic acids is 1. The van der Waals surface area contributed by atoms with Gasteiger partial charge in [0, 0.05) is 22.5 Å². The van der Waals surface area contributed by atoms with E-state index >= 15 is 0 Å². The van der Waals surface area contributed by atoms with E-state index in [9.17, 15) is 27.9 Å². The van der Waals surface area contributed by atoms with Crippen LogP contribution < -0.4 is 4.74 Å². The van der Waals surface area contributed by atoms with Gasteiger partial charge in [-0.1, -0.05) is 0 Å². The van der Waals surface area contributed by atoms with Crippen molar-refractivity contribution in [3.8, 4) is 5.75 Å². The number of nitrogens with zero attached hydrogens (tertiary/aromatic N) is 1. The molecule has 0 spiro atoms. The quantitative estimate of drug-likeness (QED) is 0.571. The number of thioether (sulfide) groups is 1. The van der Waals surface area contributed by atoms with Gasteiger partial charge in [-0.3, -0.25) is 14.2 Å². The van der Waals surface area contributed by atoms with Gasteiger partial charge in [-0.2, -0.15) is 8.78 Å². The molecule has 0 radical (unpaired) electrons. The molecule has 10 heteroatoms. The smallest absolute Gasteiger partial charge is 0.307 e. The molecule has 1 N–H and O–H groups in total. The Morgan fingerprint density at radius 3 is 2.64 bits per heavy atom. The summed E-state index contributed by atoms with van der Waals surface area (Å²) in [6, 6.07) is 3.79. The third-order valence-electron chi connectivity index (χ3n) is 4.17. The molecule has 0 saturated heterocycles. The second-order valence-corrected chi connectivity index (χ2v) is 8.01. The summed E-state index contributed by atoms with van der Waals surface area (Å²) in [5.41, 5.74) is 1.04. The Kier molecular flexibility index (Phi) is 5.71. The van der Waals surface area contributed by atoms with Crippen molar-refractivity contribution in [2.75, 3.05) is 7.11 Å². The van der Waals surface area contributed by atoms with Gasteiger partial charge in [0.25, 0.3) is 11.7 Å². The number of benzene rings is 1. The molecule has 0 amide bonds. The number of alkyl halides is 2. The lowest BCUT2D eigenvalue weighted by molar-refractivity contribution is -0.136. The molecule has 2 aromatic heterocycles. The number of aromatic nitrogens is 1. The Bertz CT molecular complexity index is 1070. The molecule has 0 saturated carbocycles. The molecule has 148 valence electrons. The van der Waals surface area contributed by atoms with Crippen LogP contribution in [-0.4, -0.2) is 34.4 Å². The van der Waals surface area contributed by atoms with Gasteiger partial charge < -0.3 is 9.84 Å². The van der Waals surface area contributed by atoms with Gasteiger partial charge >= 0.3 is 5.97 Å². The molecular formula is C18H14F3NO4S2. The van der Waals surface area contributed by atoms with Gasteiger partial charge in [0.2, 0.25) is 0 Å². The second kappa shape index (κ2) is 7.88. The average molecular weight is 429 g/mol. The Hall–Kier alpha value is -2.46. The zero-order valence-corrected chi connectivity index (χ0v) is 16.3. The summed E-state index contributed by atoms with van der Waals surface area (Å²) in [5, 5.41) is 11.0. The largest absolute Gasteiger partial charge is 0.494 e. The molecular weight excluding hydrogens is 415 g/mol. The number of aliphatic carboxylic acids is 1. The summed E-state index contributed by atoms with van der Waals surface area (Å²) in [6.45, 7) is 1.56. The summed E-state index contributed by atoms with van der Waals surface area (Å²) < 4.78 is 45.8. The van der Waals surface area contributed by atoms with E-state index in [1.807, 2.05) is 0 Å². The number of carboxylic acid groups (broad SMARTS) is 1. The van der Waals surface area contributed by atoms with Crippen molar-refractivity contribution >= 4 is 45.9 Å². The molecule has 3 rings (SSSR count). The minimum atomic E-state index is -2.61. The zero-order valence-electron chi connectivity index (χ0n) is 14.7. The highest BCUT2D eigenvalue weighted by Crippen LogP contribution is 2.35. The van der Waals surface area contributed by atoms with E-state index in [1.54, 1.807) is 6.92 Å². The van der Waals surface area contributed by atoms with Crippen LogP contribution in [0.1, 0.15) is 21.6 Å². The van der Waals surface area contributed by atoms with Gasteiger partial charge in [0.1, 0.15) is 0 Å². The van der Waals surface area contributed by atoms with Crippen molar-refractivity contribution in [2.24, 2.45) is 0 Å². The summed E-state index contributed by atoms with van der Waals surface area (Å²) in [4.78, 5) is 24.3. The van der Waals surface area contributed by atoms with E-state index in [4.69, 9.17) is 4.74 Å². The van der Waals surface area contributed by atoms with E-state index < -0.39 is 23.5 Å². The van der Waals surface area contributed by atoms with Gasteiger partial charge in [0.15, 0.2) is 11.6 Å². The van der Waals surface area contributed by atoms with Crippen molar-refractivity contribution in [3.05, 3.63) is 46.2 Å². The molecule has 0 unspecified atom stereocenters. The first-order valence-corrected chi connectivity index (χ1v) is 9.66. The topological polar surface area (TPSA) is 68.5 Å². The molecule has 2 heterocycles. The Balaban J connectivity index is 2.18. The molecule has 3 aromatic rings. The highest BCUT2D eigenvalue weighted by atomic mass is 32.2. The van der Waals surface area contributed by atoms with Crippen LogP contribution >= 0.6 is 23.1 Å². The predicted octanol–water partition coefficient (Wildman–Crippen LogP) is 4.79. The summed E-state index contributed by atoms with van der Waals surface area (Å²) in [5.74, 6) is -5.05. The number of methoxy groups -OCH3 is 1. The summed E-state index contributed by atoms with van der Waals surface area (Å²) in [7, 11) is 1.28. The highest BCUT2D eigenvalue weighted by Gasteiger charge is 2.24. The molecule has 0 aliphatic heterocycles.